The van der Waals surface area contributed by atoms with Crippen LogP contribution in [0.5, 0.6) is 0 Å². The van der Waals surface area contributed by atoms with Crippen LogP contribution in [0.1, 0.15) is 120 Å². The summed E-state index contributed by atoms with van der Waals surface area (Å²) in [5.74, 6) is 3.71. The Morgan fingerprint density at radius 3 is 2.21 bits per heavy atom. The van der Waals surface area contributed by atoms with Crippen molar-refractivity contribution in [2.75, 3.05) is 0 Å². The van der Waals surface area contributed by atoms with Gasteiger partial charge in [-0.25, -0.2) is 0 Å². The fourth-order valence-corrected chi connectivity index (χ4v) is 11.2. The minimum atomic E-state index is -0.111. The lowest BCUT2D eigenvalue weighted by Crippen LogP contribution is -2.65. The van der Waals surface area contributed by atoms with Gasteiger partial charge in [0.1, 0.15) is 6.10 Å². The molecule has 10 unspecified atom stereocenters. The van der Waals surface area contributed by atoms with E-state index in [9.17, 15) is 4.79 Å². The first-order valence-electron chi connectivity index (χ1n) is 14.6. The van der Waals surface area contributed by atoms with E-state index in [1.807, 2.05) is 5.57 Å². The van der Waals surface area contributed by atoms with Crippen molar-refractivity contribution in [3.8, 4) is 0 Å². The van der Waals surface area contributed by atoms with Gasteiger partial charge in [-0.05, 0) is 109 Å². The Bertz CT molecular complexity index is 885. The second kappa shape index (κ2) is 7.61. The summed E-state index contributed by atoms with van der Waals surface area (Å²) in [5.41, 5.74) is 3.40. The minimum Gasteiger partial charge on any atom is -0.462 e. The van der Waals surface area contributed by atoms with Crippen LogP contribution >= 0.6 is 0 Å². The van der Waals surface area contributed by atoms with Gasteiger partial charge in [-0.3, -0.25) is 4.79 Å². The summed E-state index contributed by atoms with van der Waals surface area (Å²) in [6.45, 7) is 22.1. The van der Waals surface area contributed by atoms with E-state index in [-0.39, 0.29) is 17.5 Å². The van der Waals surface area contributed by atoms with Crippen LogP contribution in [0.2, 0.25) is 0 Å². The van der Waals surface area contributed by atoms with Crippen molar-refractivity contribution in [1.29, 1.82) is 0 Å². The fraction of sp³-hybridized carbons (Fsp3) is 0.906. The first-order valence-corrected chi connectivity index (χ1v) is 14.6. The third kappa shape index (κ3) is 3.08. The van der Waals surface area contributed by atoms with Gasteiger partial charge in [0.2, 0.25) is 0 Å². The molecule has 0 bridgehead atoms. The summed E-state index contributed by atoms with van der Waals surface area (Å²) < 4.78 is 5.92. The summed E-state index contributed by atoms with van der Waals surface area (Å²) in [7, 11) is 0. The largest absolute Gasteiger partial charge is 0.462 e. The van der Waals surface area contributed by atoms with Crippen LogP contribution in [0.4, 0.5) is 0 Å². The maximum Gasteiger partial charge on any atom is 0.302 e. The van der Waals surface area contributed by atoms with Gasteiger partial charge < -0.3 is 4.74 Å². The monoisotopic (exact) mass is 468 g/mol. The summed E-state index contributed by atoms with van der Waals surface area (Å²) in [4.78, 5) is 11.9. The Hall–Kier alpha value is -0.790. The van der Waals surface area contributed by atoms with Crippen molar-refractivity contribution in [3.63, 3.8) is 0 Å². The van der Waals surface area contributed by atoms with E-state index in [1.165, 1.54) is 51.4 Å². The van der Waals surface area contributed by atoms with Crippen molar-refractivity contribution < 1.29 is 9.53 Å². The van der Waals surface area contributed by atoms with E-state index in [4.69, 9.17) is 4.74 Å². The number of ether oxygens (including phenoxy) is 1. The number of esters is 1. The molecule has 2 heteroatoms. The molecule has 0 amide bonds. The van der Waals surface area contributed by atoms with Crippen LogP contribution in [0.25, 0.3) is 0 Å². The first-order chi connectivity index (χ1) is 15.7. The number of hydrogen-bond donors (Lipinski definition) is 0. The number of allylic oxidation sites excluding steroid dienone is 2. The van der Waals surface area contributed by atoms with Crippen LogP contribution < -0.4 is 0 Å². The van der Waals surface area contributed by atoms with Gasteiger partial charge in [-0.1, -0.05) is 67.0 Å². The Morgan fingerprint density at radius 2 is 1.53 bits per heavy atom. The third-order valence-corrected chi connectivity index (χ3v) is 13.6. The molecule has 4 saturated carbocycles. The molecular weight excluding hydrogens is 416 g/mol. The minimum absolute atomic E-state index is 0.0377. The lowest BCUT2D eigenvalue weighted by Gasteiger charge is -2.71. The second-order valence-corrected chi connectivity index (χ2v) is 15.3. The van der Waals surface area contributed by atoms with Gasteiger partial charge in [-0.15, -0.1) is 0 Å². The molecule has 2 nitrogen and oxygen atoms in total. The first kappa shape index (κ1) is 24.9. The summed E-state index contributed by atoms with van der Waals surface area (Å²) in [5, 5.41) is 0. The maximum atomic E-state index is 11.9. The van der Waals surface area contributed by atoms with Gasteiger partial charge >= 0.3 is 5.97 Å². The van der Waals surface area contributed by atoms with Gasteiger partial charge in [0.15, 0.2) is 0 Å². The van der Waals surface area contributed by atoms with Gasteiger partial charge in [0, 0.05) is 12.3 Å². The van der Waals surface area contributed by atoms with E-state index >= 15 is 0 Å². The highest BCUT2D eigenvalue weighted by Crippen LogP contribution is 2.75. The zero-order chi connectivity index (χ0) is 24.9. The third-order valence-electron chi connectivity index (χ3n) is 13.6. The van der Waals surface area contributed by atoms with Gasteiger partial charge in [-0.2, -0.15) is 0 Å². The summed E-state index contributed by atoms with van der Waals surface area (Å²) >= 11 is 0. The number of carbonyl (C=O) groups is 1. The number of carbonyl (C=O) groups excluding carboxylic acids is 1. The molecule has 0 saturated heterocycles. The number of rotatable bonds is 1. The lowest BCUT2D eigenvalue weighted by atomic mass is 9.33. The standard InChI is InChI=1S/C32H52O2/c1-20-12-15-29(6)18-19-30(7)23(27(29)21(20)2)13-16-32(9)25(30)11-10-24-28(4,5)26(34-22(3)33)14-17-31(24,32)8/h13,20-21,24-27H,10-12,14-19H2,1-9H3. The average molecular weight is 469 g/mol. The molecule has 192 valence electrons. The summed E-state index contributed by atoms with van der Waals surface area (Å²) in [6, 6.07) is 0. The molecule has 0 heterocycles. The Balaban J connectivity index is 1.54. The summed E-state index contributed by atoms with van der Waals surface area (Å²) in [6.07, 6.45) is 14.6. The molecule has 5 aliphatic rings. The highest BCUT2D eigenvalue weighted by Gasteiger charge is 2.68. The Labute approximate surface area is 210 Å². The number of fused-ring (bicyclic) bond motifs is 7. The lowest BCUT2D eigenvalue weighted by molar-refractivity contribution is -0.219. The molecule has 0 aromatic rings. The Morgan fingerprint density at radius 1 is 0.853 bits per heavy atom. The molecule has 0 aromatic carbocycles. The van der Waals surface area contributed by atoms with Crippen LogP contribution in [0, 0.1) is 56.7 Å². The predicted molar refractivity (Wildman–Crippen MR) is 140 cm³/mol. The van der Waals surface area contributed by atoms with Gasteiger partial charge in [0.25, 0.3) is 0 Å². The quantitative estimate of drug-likeness (QED) is 0.284. The molecule has 0 aliphatic heterocycles. The molecule has 4 fully saturated rings. The fourth-order valence-electron chi connectivity index (χ4n) is 11.2. The number of hydrogen-bond acceptors (Lipinski definition) is 2. The van der Waals surface area contributed by atoms with E-state index < -0.39 is 0 Å². The van der Waals surface area contributed by atoms with Crippen molar-refractivity contribution in [2.45, 2.75) is 126 Å². The molecule has 5 aliphatic carbocycles. The molecule has 10 atom stereocenters. The molecule has 0 radical (unpaired) electrons. The topological polar surface area (TPSA) is 26.3 Å². The van der Waals surface area contributed by atoms with E-state index in [1.54, 1.807) is 6.92 Å². The van der Waals surface area contributed by atoms with Crippen LogP contribution in [-0.4, -0.2) is 12.1 Å². The zero-order valence-electron chi connectivity index (χ0n) is 23.7. The maximum absolute atomic E-state index is 11.9. The molecule has 0 aromatic heterocycles. The normalized spacial score (nSPS) is 54.0. The van der Waals surface area contributed by atoms with Crippen molar-refractivity contribution in [2.24, 2.45) is 56.7 Å². The van der Waals surface area contributed by atoms with Crippen LogP contribution in [-0.2, 0) is 9.53 Å². The highest BCUT2D eigenvalue weighted by atomic mass is 16.5. The van der Waals surface area contributed by atoms with Crippen LogP contribution in [0.15, 0.2) is 11.6 Å². The molecule has 0 spiro atoms. The van der Waals surface area contributed by atoms with E-state index in [0.29, 0.717) is 27.6 Å². The van der Waals surface area contributed by atoms with E-state index in [0.717, 1.165) is 30.1 Å². The van der Waals surface area contributed by atoms with Crippen molar-refractivity contribution in [1.82, 2.24) is 0 Å². The average Bonchev–Trinajstić information content (AvgIpc) is 2.74. The molecular formula is C32H52O2. The molecule has 5 rings (SSSR count). The smallest absolute Gasteiger partial charge is 0.302 e. The van der Waals surface area contributed by atoms with E-state index in [2.05, 4.69) is 61.5 Å². The second-order valence-electron chi connectivity index (χ2n) is 15.3. The molecule has 0 N–H and O–H groups in total. The highest BCUT2D eigenvalue weighted by molar-refractivity contribution is 5.66. The zero-order valence-corrected chi connectivity index (χ0v) is 23.7. The predicted octanol–water partition coefficient (Wildman–Crippen LogP) is 8.60. The van der Waals surface area contributed by atoms with Gasteiger partial charge in [0.05, 0.1) is 0 Å². The van der Waals surface area contributed by atoms with Crippen molar-refractivity contribution in [3.05, 3.63) is 11.6 Å². The Kier molecular flexibility index (Phi) is 5.57. The molecule has 34 heavy (non-hydrogen) atoms. The van der Waals surface area contributed by atoms with Crippen LogP contribution in [0.3, 0.4) is 0 Å². The SMILES string of the molecule is CC(=O)OC1CCC2(C)C(CCC3C4(C)CCC5(C)CCC(C)C(C)C5C4=CCC32C)C1(C)C. The van der Waals surface area contributed by atoms with Crippen molar-refractivity contribution >= 4 is 5.97 Å².